The lowest BCUT2D eigenvalue weighted by atomic mass is 9.99. The lowest BCUT2D eigenvalue weighted by Crippen LogP contribution is -2.02. The maximum atomic E-state index is 5.36. The molecule has 4 aromatic heterocycles. The second-order valence-electron chi connectivity index (χ2n) is 20.7. The van der Waals surface area contributed by atoms with Gasteiger partial charge in [0.2, 0.25) is 0 Å². The monoisotopic (exact) mass is 1070 g/mol. The number of fused-ring (bicyclic) bond motifs is 9. The van der Waals surface area contributed by atoms with Gasteiger partial charge in [0.25, 0.3) is 0 Å². The van der Waals surface area contributed by atoms with Crippen LogP contribution < -0.4 is 0 Å². The van der Waals surface area contributed by atoms with Crippen molar-refractivity contribution in [3.8, 4) is 95.5 Å². The van der Waals surface area contributed by atoms with Crippen LogP contribution in [0.2, 0.25) is 0 Å². The van der Waals surface area contributed by atoms with Crippen LogP contribution in [0.4, 0.5) is 0 Å². The molecule has 0 aliphatic heterocycles. The van der Waals surface area contributed by atoms with Crippen LogP contribution in [-0.4, -0.2) is 19.5 Å². The Morgan fingerprint density at radius 3 is 1.02 bits per heavy atom. The summed E-state index contributed by atoms with van der Waals surface area (Å²) in [6, 6.07) is 101. The number of rotatable bonds is 9. The fourth-order valence-electron chi connectivity index (χ4n) is 11.8. The van der Waals surface area contributed by atoms with Crippen molar-refractivity contribution in [3.05, 3.63) is 279 Å². The zero-order valence-corrected chi connectivity index (χ0v) is 45.3. The van der Waals surface area contributed by atoms with Crippen LogP contribution in [0.25, 0.3) is 158 Å². The summed E-state index contributed by atoms with van der Waals surface area (Å²) in [4.78, 5) is 16.0. The van der Waals surface area contributed by atoms with E-state index < -0.39 is 0 Å². The van der Waals surface area contributed by atoms with Crippen LogP contribution in [0, 0.1) is 0 Å². The Morgan fingerprint density at radius 2 is 0.556 bits per heavy atom. The average Bonchev–Trinajstić information content (AvgIpc) is 4.30. The molecule has 0 saturated carbocycles. The topological polar surface area (TPSA) is 43.6 Å². The molecular weight excluding hydrogens is 1020 g/mol. The summed E-state index contributed by atoms with van der Waals surface area (Å²) in [6.07, 6.45) is 0. The van der Waals surface area contributed by atoms with Gasteiger partial charge in [-0.1, -0.05) is 200 Å². The molecule has 0 radical (unpaired) electrons. The number of nitrogens with zero attached hydrogens (tertiary/aromatic N) is 4. The Kier molecular flexibility index (Phi) is 11.2. The van der Waals surface area contributed by atoms with Gasteiger partial charge in [-0.05, 0) is 129 Å². The van der Waals surface area contributed by atoms with Crippen LogP contribution in [0.3, 0.4) is 0 Å². The van der Waals surface area contributed by atoms with Gasteiger partial charge in [-0.25, -0.2) is 15.0 Å². The maximum Gasteiger partial charge on any atom is 0.164 e. The molecule has 0 aliphatic carbocycles. The van der Waals surface area contributed by atoms with E-state index in [0.29, 0.717) is 17.5 Å². The normalized spacial score (nSPS) is 11.7. The van der Waals surface area contributed by atoms with Crippen molar-refractivity contribution in [3.63, 3.8) is 0 Å². The van der Waals surface area contributed by atoms with E-state index in [1.165, 1.54) is 84.5 Å². The van der Waals surface area contributed by atoms with Gasteiger partial charge in [0.1, 0.15) is 0 Å². The van der Waals surface area contributed by atoms with Gasteiger partial charge in [0.05, 0.1) is 16.7 Å². The number of hydrogen-bond acceptors (Lipinski definition) is 5. The first-order valence-electron chi connectivity index (χ1n) is 27.3. The number of aromatic nitrogens is 4. The van der Waals surface area contributed by atoms with E-state index in [4.69, 9.17) is 15.0 Å². The van der Waals surface area contributed by atoms with Gasteiger partial charge in [-0.3, -0.25) is 0 Å². The molecule has 0 atom stereocenters. The van der Waals surface area contributed by atoms with Crippen LogP contribution in [0.1, 0.15) is 0 Å². The largest absolute Gasteiger partial charge is 0.309 e. The third kappa shape index (κ3) is 8.31. The van der Waals surface area contributed by atoms with E-state index in [-0.39, 0.29) is 0 Å². The molecule has 0 bridgehead atoms. The third-order valence-corrected chi connectivity index (χ3v) is 18.2. The molecule has 0 N–H and O–H groups in total. The minimum Gasteiger partial charge on any atom is -0.309 e. The van der Waals surface area contributed by atoms with Crippen molar-refractivity contribution in [2.45, 2.75) is 0 Å². The Morgan fingerprint density at radius 1 is 0.222 bits per heavy atom. The van der Waals surface area contributed by atoms with Crippen LogP contribution >= 0.6 is 22.7 Å². The minimum absolute atomic E-state index is 0.596. The minimum atomic E-state index is 0.596. The molecule has 0 spiro atoms. The molecule has 0 unspecified atom stereocenters. The summed E-state index contributed by atoms with van der Waals surface area (Å²) >= 11 is 3.68. The Balaban J connectivity index is 0.845. The molecular formula is C75H46N4S2. The van der Waals surface area contributed by atoms with Crippen molar-refractivity contribution in [1.82, 2.24) is 19.5 Å². The molecule has 16 aromatic rings. The quantitative estimate of drug-likeness (QED) is 0.145. The van der Waals surface area contributed by atoms with Crippen molar-refractivity contribution in [2.75, 3.05) is 0 Å². The Bertz CT molecular complexity index is 4810. The summed E-state index contributed by atoms with van der Waals surface area (Å²) in [5.41, 5.74) is 17.5. The summed E-state index contributed by atoms with van der Waals surface area (Å²) in [5.74, 6) is 1.81. The van der Waals surface area contributed by atoms with E-state index in [1.54, 1.807) is 0 Å². The van der Waals surface area contributed by atoms with E-state index in [0.717, 1.165) is 55.7 Å². The number of hydrogen-bond donors (Lipinski definition) is 0. The van der Waals surface area contributed by atoms with Gasteiger partial charge in [-0.15, -0.1) is 22.7 Å². The van der Waals surface area contributed by atoms with Gasteiger partial charge in [-0.2, -0.15) is 0 Å². The van der Waals surface area contributed by atoms with Gasteiger partial charge < -0.3 is 4.57 Å². The highest BCUT2D eigenvalue weighted by atomic mass is 32.1. The molecule has 378 valence electrons. The van der Waals surface area contributed by atoms with E-state index >= 15 is 0 Å². The van der Waals surface area contributed by atoms with E-state index in [1.807, 2.05) is 22.7 Å². The Labute approximate surface area is 475 Å². The van der Waals surface area contributed by atoms with Crippen molar-refractivity contribution in [1.29, 1.82) is 0 Å². The molecule has 4 nitrogen and oxygen atoms in total. The lowest BCUT2D eigenvalue weighted by molar-refractivity contribution is 1.07. The summed E-state index contributed by atoms with van der Waals surface area (Å²) in [7, 11) is 0. The van der Waals surface area contributed by atoms with E-state index in [2.05, 4.69) is 284 Å². The first kappa shape index (κ1) is 46.9. The van der Waals surface area contributed by atoms with Crippen molar-refractivity contribution in [2.24, 2.45) is 0 Å². The molecule has 4 heterocycles. The fourth-order valence-corrected chi connectivity index (χ4v) is 14.0. The smallest absolute Gasteiger partial charge is 0.164 e. The number of benzene rings is 12. The average molecular weight is 1070 g/mol. The van der Waals surface area contributed by atoms with Crippen LogP contribution in [0.5, 0.6) is 0 Å². The van der Waals surface area contributed by atoms with Crippen LogP contribution in [0.15, 0.2) is 279 Å². The fraction of sp³-hybridized carbons (Fsp3) is 0. The SMILES string of the molecule is c1ccc(-c2ccc3c(c2)c2cc(-c4ccccc4)ccc2n3-c2ccc(-c3nc(-c4ccc(-c5ccc6sc7ccccc7c6c5)cc4)nc(-c4ccc(-c5ccc6sc7ccccc7c6c5)cc4)n3)cc2-c2ccccc2)cc1. The molecule has 12 aromatic carbocycles. The molecule has 81 heavy (non-hydrogen) atoms. The van der Waals surface area contributed by atoms with Gasteiger partial charge in [0, 0.05) is 73.4 Å². The summed E-state index contributed by atoms with van der Waals surface area (Å²) < 4.78 is 7.63. The zero-order chi connectivity index (χ0) is 53.4. The molecule has 0 amide bonds. The lowest BCUT2D eigenvalue weighted by Gasteiger charge is -2.16. The highest BCUT2D eigenvalue weighted by Gasteiger charge is 2.21. The zero-order valence-electron chi connectivity index (χ0n) is 43.7. The molecule has 0 fully saturated rings. The predicted molar refractivity (Wildman–Crippen MR) is 343 cm³/mol. The second kappa shape index (κ2) is 19.4. The molecule has 6 heteroatoms. The predicted octanol–water partition coefficient (Wildman–Crippen LogP) is 21.0. The van der Waals surface area contributed by atoms with Crippen molar-refractivity contribution < 1.29 is 0 Å². The Hall–Kier alpha value is -10.1. The first-order chi connectivity index (χ1) is 40.1. The highest BCUT2D eigenvalue weighted by molar-refractivity contribution is 7.26. The molecule has 16 rings (SSSR count). The molecule has 0 saturated heterocycles. The highest BCUT2D eigenvalue weighted by Crippen LogP contribution is 2.43. The summed E-state index contributed by atoms with van der Waals surface area (Å²) in [6.45, 7) is 0. The van der Waals surface area contributed by atoms with E-state index in [9.17, 15) is 0 Å². The second-order valence-corrected chi connectivity index (χ2v) is 22.9. The molecule has 0 aliphatic rings. The van der Waals surface area contributed by atoms with Crippen LogP contribution in [-0.2, 0) is 0 Å². The number of thiophene rings is 2. The first-order valence-corrected chi connectivity index (χ1v) is 28.9. The summed E-state index contributed by atoms with van der Waals surface area (Å²) in [5, 5.41) is 7.53. The standard InChI is InChI=1S/C75H46N4S2/c1-4-14-47(15-5-1)54-32-37-67-62(42-54)63-43-55(48-16-6-2-7-17-48)33-38-68(63)79(67)66-39-34-58(46-61(66)51-18-8-3-9-19-51)75-77-73(52-28-24-49(25-29-52)56-35-40-71-64(44-56)59-20-10-12-22-69(59)80-71)76-74(78-75)53-30-26-50(27-31-53)57-36-41-72-65(45-57)60-21-11-13-23-70(60)81-72/h1-46H. The van der Waals surface area contributed by atoms with Crippen molar-refractivity contribution >= 4 is 84.8 Å². The van der Waals surface area contributed by atoms with Gasteiger partial charge >= 0.3 is 0 Å². The third-order valence-electron chi connectivity index (χ3n) is 15.9. The maximum absolute atomic E-state index is 5.36. The van der Waals surface area contributed by atoms with Gasteiger partial charge in [0.15, 0.2) is 17.5 Å².